The van der Waals surface area contributed by atoms with E-state index in [0.29, 0.717) is 22.9 Å². The molecule has 3 rings (SSSR count). The molecule has 0 spiro atoms. The van der Waals surface area contributed by atoms with E-state index in [2.05, 4.69) is 15.5 Å². The van der Waals surface area contributed by atoms with Crippen LogP contribution in [0.25, 0.3) is 0 Å². The summed E-state index contributed by atoms with van der Waals surface area (Å²) < 4.78 is 3.06. The van der Waals surface area contributed by atoms with Crippen LogP contribution in [0.4, 0.5) is 5.69 Å². The summed E-state index contributed by atoms with van der Waals surface area (Å²) in [4.78, 5) is 23.2. The van der Waals surface area contributed by atoms with Gasteiger partial charge in [-0.3, -0.25) is 14.2 Å². The Labute approximate surface area is 160 Å². The van der Waals surface area contributed by atoms with E-state index in [9.17, 15) is 9.59 Å². The molecule has 3 aromatic rings. The van der Waals surface area contributed by atoms with Crippen LogP contribution in [0.1, 0.15) is 27.3 Å². The maximum atomic E-state index is 12.3. The smallest absolute Gasteiger partial charge is 0.338 e. The number of aryl methyl sites for hydroxylation is 1. The number of anilines is 1. The molecule has 0 aliphatic carbocycles. The Kier molecular flexibility index (Phi) is 5.27. The van der Waals surface area contributed by atoms with Gasteiger partial charge in [0, 0.05) is 11.2 Å². The third-order valence-electron chi connectivity index (χ3n) is 4.11. The Morgan fingerprint density at radius 3 is 2.67 bits per heavy atom. The molecule has 0 unspecified atom stereocenters. The normalized spacial score (nSPS) is 10.8. The van der Waals surface area contributed by atoms with E-state index in [1.165, 1.54) is 17.1 Å². The van der Waals surface area contributed by atoms with Crippen molar-refractivity contribution in [3.63, 3.8) is 0 Å². The van der Waals surface area contributed by atoms with Crippen molar-refractivity contribution in [2.24, 2.45) is 0 Å². The summed E-state index contributed by atoms with van der Waals surface area (Å²) in [6.07, 6.45) is 2.51. The van der Waals surface area contributed by atoms with E-state index in [1.54, 1.807) is 4.68 Å². The Balaban J connectivity index is 1.73. The average molecular weight is 388 g/mol. The van der Waals surface area contributed by atoms with E-state index >= 15 is 0 Å². The first-order valence-corrected chi connectivity index (χ1v) is 8.56. The maximum absolute atomic E-state index is 12.3. The van der Waals surface area contributed by atoms with Crippen LogP contribution in [0, 0.1) is 13.8 Å². The highest BCUT2D eigenvalue weighted by Gasteiger charge is 2.16. The molecule has 0 aliphatic heterocycles. The van der Waals surface area contributed by atoms with E-state index in [-0.39, 0.29) is 18.0 Å². The van der Waals surface area contributed by atoms with Gasteiger partial charge >= 0.3 is 5.97 Å². The van der Waals surface area contributed by atoms with Gasteiger partial charge in [0.1, 0.15) is 6.54 Å². The van der Waals surface area contributed by atoms with E-state index in [0.717, 1.165) is 11.3 Å². The fourth-order valence-corrected chi connectivity index (χ4v) is 2.90. The number of carbonyl (C=O) groups excluding carboxylic acids is 1. The van der Waals surface area contributed by atoms with Crippen LogP contribution in [0.3, 0.4) is 0 Å². The molecule has 27 heavy (non-hydrogen) atoms. The molecule has 8 nitrogen and oxygen atoms in total. The minimum Gasteiger partial charge on any atom is -0.478 e. The van der Waals surface area contributed by atoms with Crippen LogP contribution in [-0.4, -0.2) is 36.5 Å². The predicted molar refractivity (Wildman–Crippen MR) is 100 cm³/mol. The Morgan fingerprint density at radius 1 is 1.26 bits per heavy atom. The number of carboxylic acid groups (broad SMARTS) is 1. The van der Waals surface area contributed by atoms with Gasteiger partial charge in [-0.05, 0) is 25.5 Å². The number of benzene rings is 1. The Bertz CT molecular complexity index is 1010. The van der Waals surface area contributed by atoms with Gasteiger partial charge in [0.25, 0.3) is 0 Å². The third kappa shape index (κ3) is 4.17. The van der Waals surface area contributed by atoms with Gasteiger partial charge < -0.3 is 10.4 Å². The van der Waals surface area contributed by atoms with Crippen molar-refractivity contribution in [3.8, 4) is 0 Å². The minimum absolute atomic E-state index is 0.0303. The van der Waals surface area contributed by atoms with E-state index in [1.807, 2.05) is 38.1 Å². The fraction of sp³-hybridized carbons (Fsp3) is 0.222. The fourth-order valence-electron chi connectivity index (χ4n) is 2.71. The average Bonchev–Trinajstić information content (AvgIpc) is 3.17. The number of nitrogens with one attached hydrogen (secondary N) is 1. The summed E-state index contributed by atoms with van der Waals surface area (Å²) in [5.41, 5.74) is 3.06. The zero-order valence-electron chi connectivity index (χ0n) is 14.8. The van der Waals surface area contributed by atoms with Crippen LogP contribution >= 0.6 is 11.6 Å². The molecule has 0 bridgehead atoms. The van der Waals surface area contributed by atoms with Crippen molar-refractivity contribution in [1.29, 1.82) is 0 Å². The number of aromatic nitrogens is 4. The second kappa shape index (κ2) is 7.63. The first-order chi connectivity index (χ1) is 12.8. The first kappa shape index (κ1) is 18.7. The highest BCUT2D eigenvalue weighted by Crippen LogP contribution is 2.22. The van der Waals surface area contributed by atoms with Crippen molar-refractivity contribution in [2.45, 2.75) is 26.9 Å². The molecule has 2 aromatic heterocycles. The van der Waals surface area contributed by atoms with Gasteiger partial charge in [0.2, 0.25) is 5.91 Å². The lowest BCUT2D eigenvalue weighted by molar-refractivity contribution is -0.116. The van der Waals surface area contributed by atoms with Crippen molar-refractivity contribution in [2.75, 3.05) is 5.32 Å². The standard InChI is InChI=1S/C18H18ClN5O3/c1-11-17(21-16(25)10-23-8-14(7-20-23)18(26)27)12(2)24(22-11)9-13-5-3-4-6-15(13)19/h3-8H,9-10H2,1-2H3,(H,21,25)(H,26,27). The third-order valence-corrected chi connectivity index (χ3v) is 4.48. The second-order valence-electron chi connectivity index (χ2n) is 6.07. The quantitative estimate of drug-likeness (QED) is 0.677. The largest absolute Gasteiger partial charge is 0.478 e. The number of carbonyl (C=O) groups is 2. The van der Waals surface area contributed by atoms with Crippen LogP contribution in [0.5, 0.6) is 0 Å². The lowest BCUT2D eigenvalue weighted by Crippen LogP contribution is -2.20. The van der Waals surface area contributed by atoms with E-state index in [4.69, 9.17) is 16.7 Å². The predicted octanol–water partition coefficient (Wildman–Crippen LogP) is 2.74. The van der Waals surface area contributed by atoms with Gasteiger partial charge in [0.15, 0.2) is 0 Å². The van der Waals surface area contributed by atoms with Crippen molar-refractivity contribution < 1.29 is 14.7 Å². The Morgan fingerprint density at radius 2 is 2.00 bits per heavy atom. The molecule has 1 aromatic carbocycles. The van der Waals surface area contributed by atoms with Crippen molar-refractivity contribution >= 4 is 29.2 Å². The topological polar surface area (TPSA) is 102 Å². The summed E-state index contributed by atoms with van der Waals surface area (Å²) in [5, 5.41) is 20.7. The molecule has 0 atom stereocenters. The molecule has 9 heteroatoms. The summed E-state index contributed by atoms with van der Waals surface area (Å²) in [7, 11) is 0. The van der Waals surface area contributed by atoms with Crippen LogP contribution in [0.15, 0.2) is 36.7 Å². The number of hydrogen-bond donors (Lipinski definition) is 2. The molecule has 1 amide bonds. The maximum Gasteiger partial charge on any atom is 0.338 e. The summed E-state index contributed by atoms with van der Waals surface area (Å²) in [6.45, 7) is 4.07. The number of halogens is 1. The van der Waals surface area contributed by atoms with Gasteiger partial charge in [0.05, 0.1) is 35.4 Å². The molecular weight excluding hydrogens is 370 g/mol. The van der Waals surface area contributed by atoms with E-state index < -0.39 is 5.97 Å². The highest BCUT2D eigenvalue weighted by molar-refractivity contribution is 6.31. The number of carboxylic acids is 1. The van der Waals surface area contributed by atoms with Gasteiger partial charge in [-0.1, -0.05) is 29.8 Å². The molecule has 2 N–H and O–H groups in total. The number of rotatable bonds is 6. The van der Waals surface area contributed by atoms with Gasteiger partial charge in [-0.2, -0.15) is 10.2 Å². The molecule has 2 heterocycles. The van der Waals surface area contributed by atoms with Crippen LogP contribution in [-0.2, 0) is 17.9 Å². The molecule has 0 aliphatic rings. The minimum atomic E-state index is -1.09. The zero-order chi connectivity index (χ0) is 19.6. The molecule has 0 saturated carbocycles. The molecular formula is C18H18ClN5O3. The first-order valence-electron chi connectivity index (χ1n) is 8.18. The van der Waals surface area contributed by atoms with Gasteiger partial charge in [-0.15, -0.1) is 0 Å². The number of aromatic carboxylic acids is 1. The SMILES string of the molecule is Cc1nn(Cc2ccccc2Cl)c(C)c1NC(=O)Cn1cc(C(=O)O)cn1. The molecule has 0 saturated heterocycles. The summed E-state index contributed by atoms with van der Waals surface area (Å²) in [6, 6.07) is 7.52. The number of hydrogen-bond acceptors (Lipinski definition) is 4. The van der Waals surface area contributed by atoms with Crippen LogP contribution < -0.4 is 5.32 Å². The lowest BCUT2D eigenvalue weighted by atomic mass is 10.2. The van der Waals surface area contributed by atoms with Gasteiger partial charge in [-0.25, -0.2) is 4.79 Å². The summed E-state index contributed by atoms with van der Waals surface area (Å²) in [5.74, 6) is -1.41. The zero-order valence-corrected chi connectivity index (χ0v) is 15.6. The molecule has 140 valence electrons. The monoisotopic (exact) mass is 387 g/mol. The van der Waals surface area contributed by atoms with Crippen LogP contribution in [0.2, 0.25) is 5.02 Å². The molecule has 0 fully saturated rings. The van der Waals surface area contributed by atoms with Crippen molar-refractivity contribution in [1.82, 2.24) is 19.6 Å². The van der Waals surface area contributed by atoms with Crippen molar-refractivity contribution in [3.05, 3.63) is 64.2 Å². The lowest BCUT2D eigenvalue weighted by Gasteiger charge is -2.08. The highest BCUT2D eigenvalue weighted by atomic mass is 35.5. The molecule has 0 radical (unpaired) electrons. The number of amides is 1. The summed E-state index contributed by atoms with van der Waals surface area (Å²) >= 11 is 6.21. The Hall–Kier alpha value is -3.13. The second-order valence-corrected chi connectivity index (χ2v) is 6.48. The number of nitrogens with zero attached hydrogens (tertiary/aromatic N) is 4.